The molecule has 0 aromatic carbocycles. The fourth-order valence-corrected chi connectivity index (χ4v) is 0.805. The van der Waals surface area contributed by atoms with Crippen molar-refractivity contribution in [1.82, 2.24) is 19.9 Å². The molecule has 3 N–H and O–H groups in total. The average molecular weight is 153 g/mol. The Balaban J connectivity index is 2.82. The van der Waals surface area contributed by atoms with E-state index in [1.54, 1.807) is 0 Å². The van der Waals surface area contributed by atoms with E-state index in [0.29, 0.717) is 5.52 Å². The van der Waals surface area contributed by atoms with Crippen molar-refractivity contribution in [2.45, 2.75) is 0 Å². The number of imidazole rings is 1. The van der Waals surface area contributed by atoms with Gasteiger partial charge in [0.15, 0.2) is 11.6 Å². The minimum Gasteiger partial charge on any atom is -0.369 e. The van der Waals surface area contributed by atoms with Crippen LogP contribution in [0.4, 0.5) is 10.3 Å². The van der Waals surface area contributed by atoms with Crippen LogP contribution < -0.4 is 5.73 Å². The summed E-state index contributed by atoms with van der Waals surface area (Å²) < 4.78 is 12.3. The minimum atomic E-state index is -0.802. The van der Waals surface area contributed by atoms with Gasteiger partial charge in [-0.25, -0.2) is 4.98 Å². The van der Waals surface area contributed by atoms with Crippen molar-refractivity contribution in [3.63, 3.8) is 0 Å². The van der Waals surface area contributed by atoms with Crippen LogP contribution in [-0.2, 0) is 0 Å². The standard InChI is InChI=1S/C5H4FN5/c6-4-8-1-2-3(10-4)11-5(7)9-2/h1H,(H3,7,8,9,10,11). The first kappa shape index (κ1) is 6.02. The molecule has 56 valence electrons. The molecule has 0 radical (unpaired) electrons. The lowest BCUT2D eigenvalue weighted by Gasteiger charge is -1.84. The quantitative estimate of drug-likeness (QED) is 0.525. The van der Waals surface area contributed by atoms with Crippen LogP contribution in [0.5, 0.6) is 0 Å². The number of anilines is 1. The molecule has 2 aromatic rings. The van der Waals surface area contributed by atoms with Gasteiger partial charge >= 0.3 is 6.08 Å². The van der Waals surface area contributed by atoms with Crippen LogP contribution in [0.3, 0.4) is 0 Å². The van der Waals surface area contributed by atoms with Gasteiger partial charge in [-0.15, -0.1) is 0 Å². The van der Waals surface area contributed by atoms with Gasteiger partial charge < -0.3 is 10.7 Å². The zero-order chi connectivity index (χ0) is 7.84. The summed E-state index contributed by atoms with van der Waals surface area (Å²) in [6, 6.07) is 0. The molecule has 0 saturated heterocycles. The number of nitrogens with two attached hydrogens (primary N) is 1. The van der Waals surface area contributed by atoms with Gasteiger partial charge in [0.05, 0.1) is 6.20 Å². The average Bonchev–Trinajstić information content (AvgIpc) is 2.27. The molecule has 6 heteroatoms. The van der Waals surface area contributed by atoms with E-state index in [9.17, 15) is 4.39 Å². The van der Waals surface area contributed by atoms with E-state index in [-0.39, 0.29) is 11.6 Å². The fourth-order valence-electron chi connectivity index (χ4n) is 0.805. The SMILES string of the molecule is Nc1nc2nc(F)ncc2[nH]1. The molecule has 0 atom stereocenters. The summed E-state index contributed by atoms with van der Waals surface area (Å²) in [5.74, 6) is 0.208. The van der Waals surface area contributed by atoms with Gasteiger partial charge in [-0.05, 0) is 0 Å². The van der Waals surface area contributed by atoms with Crippen molar-refractivity contribution in [3.8, 4) is 0 Å². The maximum Gasteiger partial charge on any atom is 0.310 e. The molecule has 0 unspecified atom stereocenters. The topological polar surface area (TPSA) is 80.5 Å². The van der Waals surface area contributed by atoms with Gasteiger partial charge in [-0.2, -0.15) is 14.4 Å². The maximum atomic E-state index is 12.3. The zero-order valence-corrected chi connectivity index (χ0v) is 5.37. The number of halogens is 1. The monoisotopic (exact) mass is 153 g/mol. The second-order valence-electron chi connectivity index (χ2n) is 2.00. The summed E-state index contributed by atoms with van der Waals surface area (Å²) in [7, 11) is 0. The first-order chi connectivity index (χ1) is 5.25. The molecule has 5 nitrogen and oxygen atoms in total. The van der Waals surface area contributed by atoms with E-state index >= 15 is 0 Å². The van der Waals surface area contributed by atoms with Crippen molar-refractivity contribution in [2.24, 2.45) is 0 Å². The highest BCUT2D eigenvalue weighted by atomic mass is 19.1. The molecule has 2 aromatic heterocycles. The number of rotatable bonds is 0. The van der Waals surface area contributed by atoms with Crippen molar-refractivity contribution in [1.29, 1.82) is 0 Å². The third-order valence-corrected chi connectivity index (χ3v) is 1.23. The maximum absolute atomic E-state index is 12.3. The second-order valence-corrected chi connectivity index (χ2v) is 2.00. The van der Waals surface area contributed by atoms with Crippen molar-refractivity contribution in [2.75, 3.05) is 5.73 Å². The molecule has 0 bridgehead atoms. The van der Waals surface area contributed by atoms with Crippen LogP contribution in [0.25, 0.3) is 11.2 Å². The van der Waals surface area contributed by atoms with Crippen LogP contribution in [0.15, 0.2) is 6.20 Å². The van der Waals surface area contributed by atoms with E-state index in [0.717, 1.165) is 0 Å². The Morgan fingerprint density at radius 2 is 2.27 bits per heavy atom. The van der Waals surface area contributed by atoms with E-state index in [1.165, 1.54) is 6.20 Å². The van der Waals surface area contributed by atoms with Crippen molar-refractivity contribution in [3.05, 3.63) is 12.3 Å². The Morgan fingerprint density at radius 3 is 3.09 bits per heavy atom. The van der Waals surface area contributed by atoms with Crippen molar-refractivity contribution >= 4 is 17.1 Å². The Morgan fingerprint density at radius 1 is 1.45 bits per heavy atom. The first-order valence-electron chi connectivity index (χ1n) is 2.89. The number of hydrogen-bond acceptors (Lipinski definition) is 4. The van der Waals surface area contributed by atoms with E-state index < -0.39 is 6.08 Å². The summed E-state index contributed by atoms with van der Waals surface area (Å²) >= 11 is 0. The molecule has 2 rings (SSSR count). The highest BCUT2D eigenvalue weighted by molar-refractivity contribution is 5.71. The number of fused-ring (bicyclic) bond motifs is 1. The highest BCUT2D eigenvalue weighted by Gasteiger charge is 2.01. The Kier molecular flexibility index (Phi) is 1.03. The first-order valence-corrected chi connectivity index (χ1v) is 2.89. The molecule has 0 aliphatic heterocycles. The summed E-state index contributed by atoms with van der Waals surface area (Å²) in [5.41, 5.74) is 6.06. The Bertz CT molecular complexity index is 395. The van der Waals surface area contributed by atoms with Gasteiger partial charge in [-0.3, -0.25) is 0 Å². The fraction of sp³-hybridized carbons (Fsp3) is 0. The number of nitrogens with zero attached hydrogens (tertiary/aromatic N) is 3. The van der Waals surface area contributed by atoms with Crippen LogP contribution in [0, 0.1) is 6.08 Å². The normalized spacial score (nSPS) is 10.6. The molecular formula is C5H4FN5. The lowest BCUT2D eigenvalue weighted by Crippen LogP contribution is -1.87. The van der Waals surface area contributed by atoms with E-state index in [1.807, 2.05) is 0 Å². The predicted octanol–water partition coefficient (Wildman–Crippen LogP) is 0.0742. The largest absolute Gasteiger partial charge is 0.369 e. The lowest BCUT2D eigenvalue weighted by atomic mass is 10.6. The summed E-state index contributed by atoms with van der Waals surface area (Å²) in [6.07, 6.45) is 0.491. The van der Waals surface area contributed by atoms with Gasteiger partial charge in [0.25, 0.3) is 0 Å². The summed E-state index contributed by atoms with van der Waals surface area (Å²) in [6.45, 7) is 0. The third kappa shape index (κ3) is 0.878. The molecule has 0 aliphatic carbocycles. The molecule has 0 amide bonds. The van der Waals surface area contributed by atoms with E-state index in [4.69, 9.17) is 5.73 Å². The Hall–Kier alpha value is -1.72. The van der Waals surface area contributed by atoms with Crippen LogP contribution >= 0.6 is 0 Å². The second kappa shape index (κ2) is 1.88. The summed E-state index contributed by atoms with van der Waals surface area (Å²) in [5, 5.41) is 0. The minimum absolute atomic E-state index is 0.208. The molecule has 0 saturated carbocycles. The molecule has 0 spiro atoms. The lowest BCUT2D eigenvalue weighted by molar-refractivity contribution is 0.544. The third-order valence-electron chi connectivity index (χ3n) is 1.23. The summed E-state index contributed by atoms with van der Waals surface area (Å²) in [4.78, 5) is 13.1. The number of hydrogen-bond donors (Lipinski definition) is 2. The zero-order valence-electron chi connectivity index (χ0n) is 5.37. The number of nitrogens with one attached hydrogen (secondary N) is 1. The number of aromatic amines is 1. The number of nitrogen functional groups attached to an aromatic ring is 1. The molecule has 11 heavy (non-hydrogen) atoms. The van der Waals surface area contributed by atoms with Crippen LogP contribution in [0.2, 0.25) is 0 Å². The highest BCUT2D eigenvalue weighted by Crippen LogP contribution is 2.07. The van der Waals surface area contributed by atoms with Gasteiger partial charge in [0.1, 0.15) is 5.52 Å². The molecular weight excluding hydrogens is 149 g/mol. The number of H-pyrrole nitrogens is 1. The van der Waals surface area contributed by atoms with Crippen LogP contribution in [0.1, 0.15) is 0 Å². The number of aromatic nitrogens is 4. The van der Waals surface area contributed by atoms with Gasteiger partial charge in [0, 0.05) is 0 Å². The van der Waals surface area contributed by atoms with E-state index in [2.05, 4.69) is 19.9 Å². The van der Waals surface area contributed by atoms with Gasteiger partial charge in [-0.1, -0.05) is 0 Å². The molecule has 2 heterocycles. The van der Waals surface area contributed by atoms with Crippen molar-refractivity contribution < 1.29 is 4.39 Å². The predicted molar refractivity (Wildman–Crippen MR) is 36.1 cm³/mol. The van der Waals surface area contributed by atoms with Crippen LogP contribution in [-0.4, -0.2) is 19.9 Å². The Labute approximate surface area is 60.5 Å². The smallest absolute Gasteiger partial charge is 0.310 e. The van der Waals surface area contributed by atoms with Gasteiger partial charge in [0.2, 0.25) is 0 Å². The molecule has 0 fully saturated rings. The molecule has 0 aliphatic rings.